The first-order valence-corrected chi connectivity index (χ1v) is 9.91. The van der Waals surface area contributed by atoms with Gasteiger partial charge in [0.05, 0.1) is 0 Å². The van der Waals surface area contributed by atoms with Gasteiger partial charge in [-0.1, -0.05) is 89.9 Å². The molecule has 0 aromatic heterocycles. The molecule has 23 heavy (non-hydrogen) atoms. The Morgan fingerprint density at radius 1 is 0.478 bits per heavy atom. The van der Waals surface area contributed by atoms with E-state index in [2.05, 4.69) is 97.9 Å². The second-order valence-corrected chi connectivity index (χ2v) is 10.4. The quantitative estimate of drug-likeness (QED) is 0.344. The summed E-state index contributed by atoms with van der Waals surface area (Å²) in [6.07, 6.45) is 0. The lowest BCUT2D eigenvalue weighted by Crippen LogP contribution is -2.09. The van der Waals surface area contributed by atoms with Crippen LogP contribution in [0.1, 0.15) is 6.92 Å². The Balaban J connectivity index is 1.85. The van der Waals surface area contributed by atoms with Gasteiger partial charge in [0.2, 0.25) is 0 Å². The van der Waals surface area contributed by atoms with Gasteiger partial charge in [0.15, 0.2) is 0 Å². The molecule has 0 spiro atoms. The Morgan fingerprint density at radius 2 is 0.739 bits per heavy atom. The van der Waals surface area contributed by atoms with Gasteiger partial charge in [-0.05, 0) is 43.3 Å². The molecule has 3 heteroatoms. The maximum Gasteiger partial charge on any atom is 0.117 e. The molecule has 0 saturated heterocycles. The van der Waals surface area contributed by atoms with Crippen LogP contribution in [0, 0.1) is 0 Å². The summed E-state index contributed by atoms with van der Waals surface area (Å²) in [6, 6.07) is 31.9. The lowest BCUT2D eigenvalue weighted by atomic mass is 10.4. The highest BCUT2D eigenvalue weighted by molar-refractivity contribution is 8.33. The molecule has 0 N–H and O–H groups in total. The molecule has 0 bridgehead atoms. The average Bonchev–Trinajstić information content (AvgIpc) is 2.57. The fourth-order valence-electron chi connectivity index (χ4n) is 2.17. The zero-order chi connectivity index (χ0) is 16.0. The van der Waals surface area contributed by atoms with E-state index >= 15 is 0 Å². The van der Waals surface area contributed by atoms with Crippen molar-refractivity contribution in [3.8, 4) is 0 Å². The van der Waals surface area contributed by atoms with Gasteiger partial charge < -0.3 is 0 Å². The van der Waals surface area contributed by atoms with Crippen molar-refractivity contribution in [1.29, 1.82) is 0 Å². The van der Waals surface area contributed by atoms with Crippen LogP contribution < -0.4 is 0 Å². The average molecular weight is 355 g/mol. The van der Waals surface area contributed by atoms with E-state index in [0.717, 1.165) is 0 Å². The Bertz CT molecular complexity index is 610. The molecule has 0 radical (unpaired) electrons. The van der Waals surface area contributed by atoms with Crippen LogP contribution in [-0.4, -0.2) is 3.41 Å². The maximum atomic E-state index is 2.31. The molecular formula is C20H18S3. The van der Waals surface area contributed by atoms with Crippen molar-refractivity contribution < 1.29 is 0 Å². The van der Waals surface area contributed by atoms with Gasteiger partial charge in [-0.3, -0.25) is 0 Å². The minimum Gasteiger partial charge on any atom is -0.0969 e. The molecule has 0 aliphatic carbocycles. The summed E-state index contributed by atoms with van der Waals surface area (Å²) < 4.78 is -0.0376. The van der Waals surface area contributed by atoms with E-state index in [1.807, 2.05) is 35.3 Å². The highest BCUT2D eigenvalue weighted by Gasteiger charge is 2.28. The summed E-state index contributed by atoms with van der Waals surface area (Å²) in [7, 11) is 0. The summed E-state index contributed by atoms with van der Waals surface area (Å²) in [4.78, 5) is 3.88. The van der Waals surface area contributed by atoms with Gasteiger partial charge in [-0.2, -0.15) is 0 Å². The van der Waals surface area contributed by atoms with Gasteiger partial charge in [0.25, 0.3) is 0 Å². The smallest absolute Gasteiger partial charge is 0.0969 e. The van der Waals surface area contributed by atoms with Gasteiger partial charge in [0, 0.05) is 14.7 Å². The zero-order valence-corrected chi connectivity index (χ0v) is 15.3. The minimum absolute atomic E-state index is 0.0376. The number of hydrogen-bond acceptors (Lipinski definition) is 3. The molecular weight excluding hydrogens is 336 g/mol. The Hall–Kier alpha value is -1.29. The predicted molar refractivity (Wildman–Crippen MR) is 105 cm³/mol. The van der Waals surface area contributed by atoms with Crippen LogP contribution in [0.5, 0.6) is 0 Å². The van der Waals surface area contributed by atoms with Gasteiger partial charge in [0.1, 0.15) is 3.41 Å². The minimum atomic E-state index is -0.0376. The summed E-state index contributed by atoms with van der Waals surface area (Å²) in [5, 5.41) is 0. The Kier molecular flexibility index (Phi) is 5.76. The SMILES string of the molecule is CC(Sc1ccccc1)(Sc1ccccc1)Sc1ccccc1. The Labute approximate surface area is 151 Å². The van der Waals surface area contributed by atoms with Crippen molar-refractivity contribution in [2.24, 2.45) is 0 Å². The molecule has 3 aromatic carbocycles. The molecule has 0 aliphatic rings. The van der Waals surface area contributed by atoms with E-state index in [4.69, 9.17) is 0 Å². The topological polar surface area (TPSA) is 0 Å². The third-order valence-corrected chi connectivity index (χ3v) is 7.28. The number of rotatable bonds is 6. The second kappa shape index (κ2) is 8.00. The summed E-state index contributed by atoms with van der Waals surface area (Å²) in [5.74, 6) is 0. The molecule has 0 unspecified atom stereocenters. The van der Waals surface area contributed by atoms with E-state index in [0.29, 0.717) is 0 Å². The summed E-state index contributed by atoms with van der Waals surface area (Å²) >= 11 is 5.72. The van der Waals surface area contributed by atoms with Gasteiger partial charge in [-0.25, -0.2) is 0 Å². The third kappa shape index (κ3) is 5.10. The van der Waals surface area contributed by atoms with E-state index in [9.17, 15) is 0 Å². The molecule has 116 valence electrons. The van der Waals surface area contributed by atoms with Crippen molar-refractivity contribution in [2.75, 3.05) is 0 Å². The lowest BCUT2D eigenvalue weighted by Gasteiger charge is -2.28. The fraction of sp³-hybridized carbons (Fsp3) is 0.100. The van der Waals surface area contributed by atoms with E-state index < -0.39 is 0 Å². The van der Waals surface area contributed by atoms with Gasteiger partial charge in [-0.15, -0.1) is 0 Å². The van der Waals surface area contributed by atoms with Crippen molar-refractivity contribution in [1.82, 2.24) is 0 Å². The zero-order valence-electron chi connectivity index (χ0n) is 12.9. The van der Waals surface area contributed by atoms with Crippen LogP contribution in [0.4, 0.5) is 0 Å². The highest BCUT2D eigenvalue weighted by atomic mass is 32.3. The van der Waals surface area contributed by atoms with E-state index in [-0.39, 0.29) is 3.41 Å². The molecule has 0 heterocycles. The first-order valence-electron chi connectivity index (χ1n) is 7.46. The normalized spacial score (nSPS) is 11.3. The molecule has 0 atom stereocenters. The van der Waals surface area contributed by atoms with Crippen LogP contribution in [-0.2, 0) is 0 Å². The molecule has 3 rings (SSSR count). The van der Waals surface area contributed by atoms with Crippen LogP contribution in [0.15, 0.2) is 106 Å². The molecule has 0 amide bonds. The highest BCUT2D eigenvalue weighted by Crippen LogP contribution is 2.54. The molecule has 0 aliphatic heterocycles. The van der Waals surface area contributed by atoms with Crippen molar-refractivity contribution >= 4 is 35.3 Å². The van der Waals surface area contributed by atoms with Crippen LogP contribution in [0.2, 0.25) is 0 Å². The second-order valence-electron chi connectivity index (χ2n) is 5.11. The molecule has 0 saturated carbocycles. The van der Waals surface area contributed by atoms with Crippen LogP contribution in [0.3, 0.4) is 0 Å². The summed E-state index contributed by atoms with van der Waals surface area (Å²) in [5.41, 5.74) is 0. The Morgan fingerprint density at radius 3 is 1.00 bits per heavy atom. The summed E-state index contributed by atoms with van der Waals surface area (Å²) in [6.45, 7) is 2.31. The predicted octanol–water partition coefficient (Wildman–Crippen LogP) is 7.04. The van der Waals surface area contributed by atoms with Gasteiger partial charge >= 0.3 is 0 Å². The lowest BCUT2D eigenvalue weighted by molar-refractivity contribution is 1.27. The third-order valence-electron chi connectivity index (χ3n) is 3.14. The number of benzene rings is 3. The fourth-order valence-corrected chi connectivity index (χ4v) is 6.57. The first kappa shape index (κ1) is 16.6. The van der Waals surface area contributed by atoms with Crippen LogP contribution >= 0.6 is 35.3 Å². The monoisotopic (exact) mass is 354 g/mol. The largest absolute Gasteiger partial charge is 0.117 e. The van der Waals surface area contributed by atoms with Crippen molar-refractivity contribution in [2.45, 2.75) is 25.0 Å². The van der Waals surface area contributed by atoms with E-state index in [1.165, 1.54) is 14.7 Å². The number of thioether (sulfide) groups is 3. The van der Waals surface area contributed by atoms with E-state index in [1.54, 1.807) is 0 Å². The molecule has 0 fully saturated rings. The van der Waals surface area contributed by atoms with Crippen molar-refractivity contribution in [3.05, 3.63) is 91.0 Å². The number of hydrogen-bond donors (Lipinski definition) is 0. The molecule has 0 nitrogen and oxygen atoms in total. The standard InChI is InChI=1S/C20H18S3/c1-20(21-17-11-5-2-6-12-17,22-18-13-7-3-8-14-18)23-19-15-9-4-10-16-19/h2-16H,1H3. The molecule has 3 aromatic rings. The van der Waals surface area contributed by atoms with Crippen molar-refractivity contribution in [3.63, 3.8) is 0 Å². The maximum absolute atomic E-state index is 2.31. The first-order chi connectivity index (χ1) is 11.2. The van der Waals surface area contributed by atoms with Crippen LogP contribution in [0.25, 0.3) is 0 Å².